The Kier molecular flexibility index (Phi) is 7.90. The van der Waals surface area contributed by atoms with Crippen molar-refractivity contribution in [1.29, 1.82) is 0 Å². The average molecular weight is 589 g/mol. The van der Waals surface area contributed by atoms with Gasteiger partial charge in [-0.25, -0.2) is 8.42 Å². The van der Waals surface area contributed by atoms with Crippen LogP contribution >= 0.6 is 11.3 Å². The Labute approximate surface area is 241 Å². The second-order valence-electron chi connectivity index (χ2n) is 12.4. The van der Waals surface area contributed by atoms with Gasteiger partial charge in [-0.3, -0.25) is 9.59 Å². The first-order valence-corrected chi connectivity index (χ1v) is 16.3. The summed E-state index contributed by atoms with van der Waals surface area (Å²) in [5.74, 6) is -0.151. The fraction of sp³-hybridized carbons (Fsp3) is 0.586. The van der Waals surface area contributed by atoms with Crippen molar-refractivity contribution in [2.24, 2.45) is 5.92 Å². The SMILES string of the molecule is CC1CCCN(S(=O)(=O)c2ccc(C(=O)Nc3sc4c(c3C(=O)N3CCOCC3)CC(C)(C)NC4(C)C)cc2)C1. The number of piperidine rings is 1. The van der Waals surface area contributed by atoms with Crippen molar-refractivity contribution < 1.29 is 22.7 Å². The summed E-state index contributed by atoms with van der Waals surface area (Å²) in [5, 5.41) is 7.21. The molecule has 4 heterocycles. The summed E-state index contributed by atoms with van der Waals surface area (Å²) in [7, 11) is -3.62. The Morgan fingerprint density at radius 1 is 1.07 bits per heavy atom. The first-order chi connectivity index (χ1) is 18.8. The number of rotatable bonds is 5. The van der Waals surface area contributed by atoms with Crippen LogP contribution in [-0.4, -0.2) is 74.4 Å². The molecule has 2 saturated heterocycles. The Bertz CT molecular complexity index is 1390. The van der Waals surface area contributed by atoms with Crippen LogP contribution in [0.3, 0.4) is 0 Å². The van der Waals surface area contributed by atoms with E-state index in [9.17, 15) is 18.0 Å². The first kappa shape index (κ1) is 29.2. The normalized spacial score (nSPS) is 22.9. The van der Waals surface area contributed by atoms with E-state index in [1.807, 2.05) is 0 Å². The summed E-state index contributed by atoms with van der Waals surface area (Å²) in [5.41, 5.74) is 1.25. The third-order valence-electron chi connectivity index (χ3n) is 7.96. The number of morpholine rings is 1. The van der Waals surface area contributed by atoms with E-state index in [-0.39, 0.29) is 27.8 Å². The molecule has 0 spiro atoms. The minimum Gasteiger partial charge on any atom is -0.378 e. The van der Waals surface area contributed by atoms with Crippen LogP contribution in [0.25, 0.3) is 0 Å². The summed E-state index contributed by atoms with van der Waals surface area (Å²) in [6.07, 6.45) is 2.53. The Morgan fingerprint density at radius 2 is 1.75 bits per heavy atom. The summed E-state index contributed by atoms with van der Waals surface area (Å²) >= 11 is 1.44. The van der Waals surface area contributed by atoms with E-state index in [0.717, 1.165) is 23.3 Å². The van der Waals surface area contributed by atoms with Crippen molar-refractivity contribution in [1.82, 2.24) is 14.5 Å². The van der Waals surface area contributed by atoms with Gasteiger partial charge in [0.05, 0.1) is 23.7 Å². The highest BCUT2D eigenvalue weighted by Crippen LogP contribution is 2.45. The minimum absolute atomic E-state index is 0.0956. The number of sulfonamides is 1. The number of hydrogen-bond acceptors (Lipinski definition) is 7. The van der Waals surface area contributed by atoms with Gasteiger partial charge in [0, 0.05) is 47.7 Å². The van der Waals surface area contributed by atoms with Crippen molar-refractivity contribution in [2.45, 2.75) is 69.9 Å². The third kappa shape index (κ3) is 5.72. The molecule has 1 unspecified atom stereocenters. The number of amides is 2. The molecule has 40 heavy (non-hydrogen) atoms. The van der Waals surface area contributed by atoms with Crippen LogP contribution in [0.15, 0.2) is 29.2 Å². The summed E-state index contributed by atoms with van der Waals surface area (Å²) < 4.78 is 33.3. The van der Waals surface area contributed by atoms with E-state index in [1.54, 1.807) is 17.0 Å². The standard InChI is InChI=1S/C29H40N4O5S2/c1-19-7-6-12-33(18-19)40(36,37)21-10-8-20(9-11-21)25(34)30-26-23(27(35)32-13-15-38-16-14-32)22-17-28(2,3)31-29(4,5)24(22)39-26/h8-11,19,31H,6-7,12-18H2,1-5H3,(H,30,34). The van der Waals surface area contributed by atoms with E-state index in [0.29, 0.717) is 67.9 Å². The lowest BCUT2D eigenvalue weighted by Crippen LogP contribution is -2.55. The smallest absolute Gasteiger partial charge is 0.257 e. The van der Waals surface area contributed by atoms with Gasteiger partial charge in [0.1, 0.15) is 5.00 Å². The van der Waals surface area contributed by atoms with Gasteiger partial charge in [0.15, 0.2) is 0 Å². The number of hydrogen-bond donors (Lipinski definition) is 2. The molecule has 5 rings (SSSR count). The van der Waals surface area contributed by atoms with E-state index < -0.39 is 10.0 Å². The van der Waals surface area contributed by atoms with E-state index in [2.05, 4.69) is 45.3 Å². The van der Waals surface area contributed by atoms with Crippen LogP contribution in [0.2, 0.25) is 0 Å². The molecule has 1 atom stereocenters. The maximum absolute atomic E-state index is 13.9. The zero-order valence-corrected chi connectivity index (χ0v) is 25.6. The molecule has 0 aliphatic carbocycles. The van der Waals surface area contributed by atoms with Crippen LogP contribution in [0, 0.1) is 5.92 Å². The summed E-state index contributed by atoms with van der Waals surface area (Å²) in [6, 6.07) is 6.08. The Balaban J connectivity index is 1.44. The van der Waals surface area contributed by atoms with E-state index >= 15 is 0 Å². The molecule has 1 aromatic heterocycles. The number of fused-ring (bicyclic) bond motifs is 1. The number of thiophene rings is 1. The largest absolute Gasteiger partial charge is 0.378 e. The second kappa shape index (κ2) is 10.8. The van der Waals surface area contributed by atoms with E-state index in [4.69, 9.17) is 4.74 Å². The molecular formula is C29H40N4O5S2. The van der Waals surface area contributed by atoms with Gasteiger partial charge >= 0.3 is 0 Å². The first-order valence-electron chi connectivity index (χ1n) is 14.0. The number of benzene rings is 1. The number of nitrogens with zero attached hydrogens (tertiary/aromatic N) is 2. The van der Waals surface area contributed by atoms with Crippen molar-refractivity contribution in [3.05, 3.63) is 45.8 Å². The lowest BCUT2D eigenvalue weighted by molar-refractivity contribution is 0.0302. The fourth-order valence-corrected chi connectivity index (χ4v) is 9.10. The molecule has 0 saturated carbocycles. The number of anilines is 1. The molecule has 1 aromatic carbocycles. The van der Waals surface area contributed by atoms with Gasteiger partial charge in [0.2, 0.25) is 10.0 Å². The molecule has 9 nitrogen and oxygen atoms in total. The number of ether oxygens (including phenoxy) is 1. The quantitative estimate of drug-likeness (QED) is 0.546. The van der Waals surface area contributed by atoms with Gasteiger partial charge in [-0.05, 0) is 82.7 Å². The molecule has 218 valence electrons. The zero-order valence-electron chi connectivity index (χ0n) is 24.0. The Morgan fingerprint density at radius 3 is 2.40 bits per heavy atom. The highest BCUT2D eigenvalue weighted by Gasteiger charge is 2.42. The fourth-order valence-electron chi connectivity index (χ4n) is 6.23. The van der Waals surface area contributed by atoms with E-state index in [1.165, 1.54) is 27.8 Å². The topological polar surface area (TPSA) is 108 Å². The molecule has 3 aliphatic rings. The maximum Gasteiger partial charge on any atom is 0.257 e. The lowest BCUT2D eigenvalue weighted by atomic mass is 9.81. The van der Waals surface area contributed by atoms with Gasteiger partial charge in [-0.15, -0.1) is 11.3 Å². The minimum atomic E-state index is -3.62. The van der Waals surface area contributed by atoms with Crippen molar-refractivity contribution in [2.75, 3.05) is 44.7 Å². The van der Waals surface area contributed by atoms with Gasteiger partial charge < -0.3 is 20.3 Å². The zero-order chi connectivity index (χ0) is 28.9. The predicted molar refractivity (Wildman–Crippen MR) is 157 cm³/mol. The number of carbonyl (C=O) groups is 2. The molecule has 0 radical (unpaired) electrons. The second-order valence-corrected chi connectivity index (χ2v) is 15.4. The molecule has 2 N–H and O–H groups in total. The van der Waals surface area contributed by atoms with Gasteiger partial charge in [-0.2, -0.15) is 4.31 Å². The van der Waals surface area contributed by atoms with Crippen molar-refractivity contribution in [3.63, 3.8) is 0 Å². The predicted octanol–water partition coefficient (Wildman–Crippen LogP) is 4.05. The Hall–Kier alpha value is -2.31. The molecule has 11 heteroatoms. The van der Waals surface area contributed by atoms with Gasteiger partial charge in [0.25, 0.3) is 11.8 Å². The van der Waals surface area contributed by atoms with Crippen LogP contribution in [-0.2, 0) is 26.7 Å². The maximum atomic E-state index is 13.9. The monoisotopic (exact) mass is 588 g/mol. The van der Waals surface area contributed by atoms with Gasteiger partial charge in [-0.1, -0.05) is 6.92 Å². The molecule has 2 amide bonds. The van der Waals surface area contributed by atoms with Crippen LogP contribution in [0.5, 0.6) is 0 Å². The average Bonchev–Trinajstić information content (AvgIpc) is 3.25. The molecule has 0 bridgehead atoms. The lowest BCUT2D eigenvalue weighted by Gasteiger charge is -2.42. The third-order valence-corrected chi connectivity index (χ3v) is 11.3. The van der Waals surface area contributed by atoms with Crippen LogP contribution < -0.4 is 10.6 Å². The highest BCUT2D eigenvalue weighted by molar-refractivity contribution is 7.89. The molecule has 2 aromatic rings. The number of nitrogens with one attached hydrogen (secondary N) is 2. The van der Waals surface area contributed by atoms with Crippen LogP contribution in [0.1, 0.15) is 78.6 Å². The van der Waals surface area contributed by atoms with Crippen molar-refractivity contribution >= 4 is 38.2 Å². The van der Waals surface area contributed by atoms with Crippen molar-refractivity contribution in [3.8, 4) is 0 Å². The summed E-state index contributed by atoms with van der Waals surface area (Å²) in [6.45, 7) is 13.5. The molecule has 2 fully saturated rings. The molecule has 3 aliphatic heterocycles. The summed E-state index contributed by atoms with van der Waals surface area (Å²) in [4.78, 5) is 30.3. The highest BCUT2D eigenvalue weighted by atomic mass is 32.2. The van der Waals surface area contributed by atoms with Crippen LogP contribution in [0.4, 0.5) is 5.00 Å². The molecular weight excluding hydrogens is 548 g/mol. The number of carbonyl (C=O) groups excluding carboxylic acids is 2.